The minimum absolute atomic E-state index is 0.0308. The zero-order valence-corrected chi connectivity index (χ0v) is 14.1. The highest BCUT2D eigenvalue weighted by molar-refractivity contribution is 5.64. The normalized spacial score (nSPS) is 19.0. The van der Waals surface area contributed by atoms with E-state index in [4.69, 9.17) is 0 Å². The summed E-state index contributed by atoms with van der Waals surface area (Å²) in [5.41, 5.74) is 1.21. The summed E-state index contributed by atoms with van der Waals surface area (Å²) in [6.45, 7) is 1.82. The first kappa shape index (κ1) is 18.8. The smallest absolute Gasteiger partial charge is 0.207 e. The average molecular weight is 372 g/mol. The van der Waals surface area contributed by atoms with Gasteiger partial charge in [-0.25, -0.2) is 8.78 Å². The van der Waals surface area contributed by atoms with Crippen molar-refractivity contribution in [2.75, 3.05) is 0 Å². The van der Waals surface area contributed by atoms with Crippen LogP contribution in [-0.4, -0.2) is 11.8 Å². The summed E-state index contributed by atoms with van der Waals surface area (Å²) in [7, 11) is 0. The standard InChI is InChI=1S/C20H18F6/c1-2-3-16-17(21)8-14(9-18(16)22)12-4-6-13(7-5-12)15-10-19(23,24)20(25,26)11-15/h4-9,15H,2-3,10-11H2,1H3. The molecule has 0 aromatic heterocycles. The Kier molecular flexibility index (Phi) is 4.80. The van der Waals surface area contributed by atoms with Gasteiger partial charge in [-0.2, -0.15) is 17.6 Å². The molecule has 1 saturated carbocycles. The third-order valence-electron chi connectivity index (χ3n) is 4.90. The first-order valence-corrected chi connectivity index (χ1v) is 8.48. The maximum Gasteiger partial charge on any atom is 0.310 e. The lowest BCUT2D eigenvalue weighted by Gasteiger charge is -2.16. The monoisotopic (exact) mass is 372 g/mol. The van der Waals surface area contributed by atoms with E-state index in [0.29, 0.717) is 29.5 Å². The Morgan fingerprint density at radius 3 is 1.81 bits per heavy atom. The molecule has 140 valence electrons. The first-order chi connectivity index (χ1) is 12.1. The van der Waals surface area contributed by atoms with Crippen LogP contribution in [0.25, 0.3) is 11.1 Å². The summed E-state index contributed by atoms with van der Waals surface area (Å²) in [5, 5.41) is 0. The molecule has 0 radical (unpaired) electrons. The van der Waals surface area contributed by atoms with Gasteiger partial charge in [0.2, 0.25) is 0 Å². The molecule has 0 aliphatic heterocycles. The third kappa shape index (κ3) is 3.33. The summed E-state index contributed by atoms with van der Waals surface area (Å²) < 4.78 is 81.6. The van der Waals surface area contributed by atoms with E-state index in [2.05, 4.69) is 0 Å². The van der Waals surface area contributed by atoms with Crippen molar-refractivity contribution in [3.8, 4) is 11.1 Å². The molecule has 0 amide bonds. The van der Waals surface area contributed by atoms with Crippen LogP contribution in [0.15, 0.2) is 36.4 Å². The molecule has 1 aliphatic carbocycles. The summed E-state index contributed by atoms with van der Waals surface area (Å²) in [5.74, 6) is -10.3. The largest absolute Gasteiger partial charge is 0.310 e. The molecule has 0 bridgehead atoms. The lowest BCUT2D eigenvalue weighted by atomic mass is 9.94. The number of hydrogen-bond acceptors (Lipinski definition) is 0. The van der Waals surface area contributed by atoms with Crippen LogP contribution in [0.2, 0.25) is 0 Å². The van der Waals surface area contributed by atoms with E-state index in [9.17, 15) is 26.3 Å². The van der Waals surface area contributed by atoms with E-state index in [1.54, 1.807) is 0 Å². The van der Waals surface area contributed by atoms with Gasteiger partial charge in [0.15, 0.2) is 0 Å². The molecule has 2 aromatic carbocycles. The Morgan fingerprint density at radius 2 is 1.35 bits per heavy atom. The zero-order chi connectivity index (χ0) is 19.1. The first-order valence-electron chi connectivity index (χ1n) is 8.48. The van der Waals surface area contributed by atoms with Crippen molar-refractivity contribution >= 4 is 0 Å². The van der Waals surface area contributed by atoms with Gasteiger partial charge in [0.05, 0.1) is 0 Å². The van der Waals surface area contributed by atoms with Gasteiger partial charge in [-0.15, -0.1) is 0 Å². The summed E-state index contributed by atoms with van der Waals surface area (Å²) >= 11 is 0. The molecule has 1 aliphatic rings. The Balaban J connectivity index is 1.85. The highest BCUT2D eigenvalue weighted by atomic mass is 19.3. The fourth-order valence-electron chi connectivity index (χ4n) is 3.43. The van der Waals surface area contributed by atoms with Gasteiger partial charge in [0.1, 0.15) is 11.6 Å². The number of halogens is 6. The fourth-order valence-corrected chi connectivity index (χ4v) is 3.43. The van der Waals surface area contributed by atoms with E-state index >= 15 is 0 Å². The van der Waals surface area contributed by atoms with E-state index in [0.717, 1.165) is 0 Å². The van der Waals surface area contributed by atoms with Crippen molar-refractivity contribution in [1.29, 1.82) is 0 Å². The summed E-state index contributed by atoms with van der Waals surface area (Å²) in [6, 6.07) is 8.40. The summed E-state index contributed by atoms with van der Waals surface area (Å²) in [4.78, 5) is 0. The Bertz CT molecular complexity index is 755. The van der Waals surface area contributed by atoms with Crippen LogP contribution in [-0.2, 0) is 6.42 Å². The number of hydrogen-bond donors (Lipinski definition) is 0. The van der Waals surface area contributed by atoms with Crippen molar-refractivity contribution in [3.63, 3.8) is 0 Å². The molecule has 0 spiro atoms. The minimum Gasteiger partial charge on any atom is -0.207 e. The molecule has 0 heterocycles. The van der Waals surface area contributed by atoms with Gasteiger partial charge >= 0.3 is 11.8 Å². The minimum atomic E-state index is -4.02. The average Bonchev–Trinajstić information content (AvgIpc) is 2.79. The molecule has 2 aromatic rings. The van der Waals surface area contributed by atoms with Gasteiger partial charge in [0.25, 0.3) is 0 Å². The van der Waals surface area contributed by atoms with Crippen LogP contribution in [0.5, 0.6) is 0 Å². The second kappa shape index (κ2) is 6.63. The van der Waals surface area contributed by atoms with Crippen LogP contribution in [0.1, 0.15) is 43.2 Å². The van der Waals surface area contributed by atoms with Crippen LogP contribution in [0, 0.1) is 11.6 Å². The fraction of sp³-hybridized carbons (Fsp3) is 0.400. The van der Waals surface area contributed by atoms with Gasteiger partial charge < -0.3 is 0 Å². The number of rotatable bonds is 4. The molecule has 3 rings (SSSR count). The molecule has 0 nitrogen and oxygen atoms in total. The molecule has 0 saturated heterocycles. The van der Waals surface area contributed by atoms with Crippen molar-refractivity contribution in [1.82, 2.24) is 0 Å². The summed E-state index contributed by atoms with van der Waals surface area (Å²) in [6.07, 6.45) is -0.915. The molecule has 1 fully saturated rings. The van der Waals surface area contributed by atoms with Crippen molar-refractivity contribution in [2.24, 2.45) is 0 Å². The molecule has 0 atom stereocenters. The predicted molar refractivity (Wildman–Crippen MR) is 87.7 cm³/mol. The van der Waals surface area contributed by atoms with Gasteiger partial charge in [-0.1, -0.05) is 37.6 Å². The highest BCUT2D eigenvalue weighted by Gasteiger charge is 2.63. The third-order valence-corrected chi connectivity index (χ3v) is 4.90. The van der Waals surface area contributed by atoms with Crippen LogP contribution >= 0.6 is 0 Å². The molecule has 0 unspecified atom stereocenters. The maximum absolute atomic E-state index is 14.1. The van der Waals surface area contributed by atoms with E-state index in [-0.39, 0.29) is 5.56 Å². The van der Waals surface area contributed by atoms with E-state index in [1.165, 1.54) is 36.4 Å². The molecular weight excluding hydrogens is 354 g/mol. The topological polar surface area (TPSA) is 0 Å². The predicted octanol–water partition coefficient (Wildman–Crippen LogP) is 6.73. The van der Waals surface area contributed by atoms with Crippen LogP contribution < -0.4 is 0 Å². The van der Waals surface area contributed by atoms with Crippen LogP contribution in [0.4, 0.5) is 26.3 Å². The quantitative estimate of drug-likeness (QED) is 0.522. The van der Waals surface area contributed by atoms with Crippen molar-refractivity contribution < 1.29 is 26.3 Å². The van der Waals surface area contributed by atoms with Crippen molar-refractivity contribution in [2.45, 2.75) is 50.4 Å². The van der Waals surface area contributed by atoms with Crippen LogP contribution in [0.3, 0.4) is 0 Å². The zero-order valence-electron chi connectivity index (χ0n) is 14.1. The lowest BCUT2D eigenvalue weighted by molar-refractivity contribution is -0.185. The second-order valence-corrected chi connectivity index (χ2v) is 6.80. The van der Waals surface area contributed by atoms with Gasteiger partial charge in [0, 0.05) is 18.4 Å². The Hall–Kier alpha value is -1.98. The SMILES string of the molecule is CCCc1c(F)cc(-c2ccc(C3CC(F)(F)C(F)(F)C3)cc2)cc1F. The Morgan fingerprint density at radius 1 is 0.846 bits per heavy atom. The van der Waals surface area contributed by atoms with E-state index < -0.39 is 42.2 Å². The lowest BCUT2D eigenvalue weighted by Crippen LogP contribution is -2.33. The second-order valence-electron chi connectivity index (χ2n) is 6.80. The van der Waals surface area contributed by atoms with Crippen molar-refractivity contribution in [3.05, 3.63) is 59.2 Å². The Labute approximate surface area is 147 Å². The maximum atomic E-state index is 14.1. The highest BCUT2D eigenvalue weighted by Crippen LogP contribution is 2.53. The van der Waals surface area contributed by atoms with E-state index in [1.807, 2.05) is 6.92 Å². The van der Waals surface area contributed by atoms with Gasteiger partial charge in [-0.05, 0) is 41.2 Å². The number of alkyl halides is 4. The molecule has 26 heavy (non-hydrogen) atoms. The molecule has 0 N–H and O–H groups in total. The van der Waals surface area contributed by atoms with Gasteiger partial charge in [-0.3, -0.25) is 0 Å². The molecular formula is C20H18F6. The molecule has 6 heteroatoms. The number of benzene rings is 2.